The molecule has 1 saturated heterocycles. The number of pyridine rings is 1. The average molecular weight is 399 g/mol. The van der Waals surface area contributed by atoms with Crippen molar-refractivity contribution >= 4 is 23.2 Å². The van der Waals surface area contributed by atoms with Gasteiger partial charge in [0.1, 0.15) is 5.82 Å². The molecule has 0 spiro atoms. The van der Waals surface area contributed by atoms with Crippen LogP contribution in [0.15, 0.2) is 30.3 Å². The van der Waals surface area contributed by atoms with E-state index in [1.165, 1.54) is 0 Å². The van der Waals surface area contributed by atoms with E-state index in [-0.39, 0.29) is 25.5 Å². The molecule has 1 aromatic carbocycles. The standard InChI is InChI=1S/C22H28N4O3.H2/c1-4-29-22(27)18-13-17(19(21(24)25-18)20(23)14(2)3)15-5-7-16(8-6-15)26-9-11-28-12-10-26;/h5-8,13-14,23H,4,9-12H2,1-3H3,(H2,24,25);1H. The van der Waals surface area contributed by atoms with Gasteiger partial charge in [-0.2, -0.15) is 0 Å². The van der Waals surface area contributed by atoms with Crippen molar-refractivity contribution in [3.8, 4) is 11.1 Å². The maximum absolute atomic E-state index is 12.2. The minimum Gasteiger partial charge on any atom is -0.461 e. The summed E-state index contributed by atoms with van der Waals surface area (Å²) < 4.78 is 10.5. The van der Waals surface area contributed by atoms with E-state index >= 15 is 0 Å². The van der Waals surface area contributed by atoms with Gasteiger partial charge in [0.25, 0.3) is 0 Å². The van der Waals surface area contributed by atoms with E-state index in [2.05, 4.69) is 9.88 Å². The molecular weight excluding hydrogens is 368 g/mol. The number of carbonyl (C=O) groups is 1. The van der Waals surface area contributed by atoms with Crippen LogP contribution in [0.25, 0.3) is 11.1 Å². The quantitative estimate of drug-likeness (QED) is 0.569. The molecule has 3 N–H and O–H groups in total. The lowest BCUT2D eigenvalue weighted by molar-refractivity contribution is 0.0519. The Balaban J connectivity index is 0.00000320. The van der Waals surface area contributed by atoms with Gasteiger partial charge >= 0.3 is 5.97 Å². The van der Waals surface area contributed by atoms with Gasteiger partial charge in [-0.05, 0) is 42.2 Å². The van der Waals surface area contributed by atoms with Gasteiger partial charge in [-0.15, -0.1) is 0 Å². The number of ether oxygens (including phenoxy) is 2. The van der Waals surface area contributed by atoms with E-state index < -0.39 is 5.97 Å². The second kappa shape index (κ2) is 9.05. The molecule has 1 aliphatic rings. The number of nitrogen functional groups attached to an aromatic ring is 1. The second-order valence-electron chi connectivity index (χ2n) is 7.25. The minimum atomic E-state index is -0.520. The average Bonchev–Trinajstić information content (AvgIpc) is 2.73. The van der Waals surface area contributed by atoms with Crippen molar-refractivity contribution in [1.29, 1.82) is 5.41 Å². The van der Waals surface area contributed by atoms with Crippen molar-refractivity contribution in [2.75, 3.05) is 43.5 Å². The van der Waals surface area contributed by atoms with Crippen molar-refractivity contribution in [2.24, 2.45) is 5.92 Å². The van der Waals surface area contributed by atoms with Crippen molar-refractivity contribution in [3.05, 3.63) is 41.6 Å². The van der Waals surface area contributed by atoms with Gasteiger partial charge in [0, 0.05) is 31.5 Å². The summed E-state index contributed by atoms with van der Waals surface area (Å²) in [7, 11) is 0. The summed E-state index contributed by atoms with van der Waals surface area (Å²) >= 11 is 0. The largest absolute Gasteiger partial charge is 0.461 e. The lowest BCUT2D eigenvalue weighted by Crippen LogP contribution is -2.36. The lowest BCUT2D eigenvalue weighted by atomic mass is 9.91. The van der Waals surface area contributed by atoms with Crippen molar-refractivity contribution in [3.63, 3.8) is 0 Å². The highest BCUT2D eigenvalue weighted by Crippen LogP contribution is 2.31. The molecule has 1 aromatic heterocycles. The number of carbonyl (C=O) groups excluding carboxylic acids is 1. The highest BCUT2D eigenvalue weighted by atomic mass is 16.5. The summed E-state index contributed by atoms with van der Waals surface area (Å²) in [5, 5.41) is 8.52. The smallest absolute Gasteiger partial charge is 0.357 e. The second-order valence-corrected chi connectivity index (χ2v) is 7.25. The Hall–Kier alpha value is -2.93. The van der Waals surface area contributed by atoms with Gasteiger partial charge in [0.15, 0.2) is 5.69 Å². The normalized spacial score (nSPS) is 14.1. The molecule has 29 heavy (non-hydrogen) atoms. The number of hydrogen-bond acceptors (Lipinski definition) is 7. The highest BCUT2D eigenvalue weighted by Gasteiger charge is 2.21. The molecule has 0 radical (unpaired) electrons. The van der Waals surface area contributed by atoms with Gasteiger partial charge < -0.3 is 25.5 Å². The number of rotatable bonds is 6. The van der Waals surface area contributed by atoms with Gasteiger partial charge in [0.05, 0.1) is 19.8 Å². The lowest BCUT2D eigenvalue weighted by Gasteiger charge is -2.29. The summed E-state index contributed by atoms with van der Waals surface area (Å²) in [6.07, 6.45) is 0. The Kier molecular flexibility index (Phi) is 6.49. The predicted molar refractivity (Wildman–Crippen MR) is 117 cm³/mol. The molecule has 2 aromatic rings. The number of nitrogens with one attached hydrogen (secondary N) is 1. The Morgan fingerprint density at radius 1 is 1.31 bits per heavy atom. The zero-order chi connectivity index (χ0) is 21.0. The van der Waals surface area contributed by atoms with Gasteiger partial charge in [-0.3, -0.25) is 0 Å². The topological polar surface area (TPSA) is 102 Å². The van der Waals surface area contributed by atoms with Gasteiger partial charge in [-0.25, -0.2) is 9.78 Å². The predicted octanol–water partition coefficient (Wildman–Crippen LogP) is 3.61. The maximum Gasteiger partial charge on any atom is 0.357 e. The van der Waals surface area contributed by atoms with Gasteiger partial charge in [0.2, 0.25) is 0 Å². The number of hydrogen-bond donors (Lipinski definition) is 2. The Morgan fingerprint density at radius 2 is 1.97 bits per heavy atom. The van der Waals surface area contributed by atoms with Crippen LogP contribution in [0.2, 0.25) is 0 Å². The Bertz CT molecular complexity index is 894. The molecule has 0 atom stereocenters. The number of esters is 1. The Morgan fingerprint density at radius 3 is 2.55 bits per heavy atom. The molecule has 3 rings (SSSR count). The monoisotopic (exact) mass is 398 g/mol. The molecule has 0 unspecified atom stereocenters. The fourth-order valence-electron chi connectivity index (χ4n) is 3.35. The maximum atomic E-state index is 12.2. The van der Waals surface area contributed by atoms with Crippen molar-refractivity contribution < 1.29 is 15.7 Å². The molecule has 1 fully saturated rings. The first-order chi connectivity index (χ1) is 13.9. The van der Waals surface area contributed by atoms with Crippen LogP contribution in [0.4, 0.5) is 11.5 Å². The van der Waals surface area contributed by atoms with Crippen LogP contribution < -0.4 is 10.6 Å². The molecule has 7 heteroatoms. The SMILES string of the molecule is CCOC(=O)c1cc(-c2ccc(N3CCOCC3)cc2)c(C(=N)C(C)C)c(N)n1.[HH]. The summed E-state index contributed by atoms with van der Waals surface area (Å²) in [5.74, 6) is -0.381. The minimum absolute atomic E-state index is 0. The summed E-state index contributed by atoms with van der Waals surface area (Å²) in [6, 6.07) is 9.75. The molecule has 2 heterocycles. The molecule has 1 aliphatic heterocycles. The Labute approximate surface area is 172 Å². The molecule has 156 valence electrons. The van der Waals surface area contributed by atoms with E-state index in [1.54, 1.807) is 13.0 Å². The van der Waals surface area contributed by atoms with Crippen LogP contribution in [0, 0.1) is 11.3 Å². The first-order valence-corrected chi connectivity index (χ1v) is 9.92. The van der Waals surface area contributed by atoms with Crippen molar-refractivity contribution in [2.45, 2.75) is 20.8 Å². The molecule has 0 bridgehead atoms. The molecular formula is C22H30N4O3. The third kappa shape index (κ3) is 4.56. The van der Waals surface area contributed by atoms with Crippen LogP contribution in [-0.2, 0) is 9.47 Å². The molecule has 0 saturated carbocycles. The molecule has 0 aliphatic carbocycles. The van der Waals surface area contributed by atoms with Crippen LogP contribution in [0.5, 0.6) is 0 Å². The van der Waals surface area contributed by atoms with Crippen LogP contribution >= 0.6 is 0 Å². The fraction of sp³-hybridized carbons (Fsp3) is 0.409. The highest BCUT2D eigenvalue weighted by molar-refractivity contribution is 6.09. The van der Waals surface area contributed by atoms with E-state index in [1.807, 2.05) is 38.1 Å². The van der Waals surface area contributed by atoms with E-state index in [0.717, 1.165) is 37.6 Å². The summed E-state index contributed by atoms with van der Waals surface area (Å²) in [5.41, 5.74) is 10.0. The van der Waals surface area contributed by atoms with Crippen molar-refractivity contribution in [1.82, 2.24) is 4.98 Å². The molecule has 7 nitrogen and oxygen atoms in total. The third-order valence-corrected chi connectivity index (χ3v) is 4.93. The number of nitrogens with two attached hydrogens (primary N) is 1. The zero-order valence-electron chi connectivity index (χ0n) is 17.2. The fourth-order valence-corrected chi connectivity index (χ4v) is 3.35. The number of nitrogens with zero attached hydrogens (tertiary/aromatic N) is 2. The summed E-state index contributed by atoms with van der Waals surface area (Å²) in [4.78, 5) is 18.7. The zero-order valence-corrected chi connectivity index (χ0v) is 17.2. The van der Waals surface area contributed by atoms with Crippen LogP contribution in [0.1, 0.15) is 38.2 Å². The van der Waals surface area contributed by atoms with E-state index in [4.69, 9.17) is 20.6 Å². The third-order valence-electron chi connectivity index (χ3n) is 4.93. The van der Waals surface area contributed by atoms with E-state index in [0.29, 0.717) is 16.8 Å². The number of aromatic nitrogens is 1. The van der Waals surface area contributed by atoms with E-state index in [9.17, 15) is 4.79 Å². The summed E-state index contributed by atoms with van der Waals surface area (Å²) in [6.45, 7) is 9.04. The van der Waals surface area contributed by atoms with Gasteiger partial charge in [-0.1, -0.05) is 26.0 Å². The number of benzene rings is 1. The first-order valence-electron chi connectivity index (χ1n) is 9.92. The van der Waals surface area contributed by atoms with Crippen LogP contribution in [0.3, 0.4) is 0 Å². The van der Waals surface area contributed by atoms with Crippen LogP contribution in [-0.4, -0.2) is 49.6 Å². The first kappa shape index (κ1) is 20.8. The number of morpholine rings is 1. The number of anilines is 2. The molecule has 0 amide bonds.